The van der Waals surface area contributed by atoms with E-state index in [1.54, 1.807) is 69.3 Å². The molecule has 3 fully saturated rings. The summed E-state index contributed by atoms with van der Waals surface area (Å²) in [7, 11) is 0. The van der Waals surface area contributed by atoms with Gasteiger partial charge in [0.15, 0.2) is 18.0 Å². The number of hydrogen-bond acceptors (Lipinski definition) is 14. The summed E-state index contributed by atoms with van der Waals surface area (Å²) in [5.41, 5.74) is -6.32. The monoisotopic (exact) mass is 851 g/mol. The van der Waals surface area contributed by atoms with Gasteiger partial charge in [0.25, 0.3) is 0 Å². The van der Waals surface area contributed by atoms with Crippen LogP contribution in [-0.2, 0) is 49.5 Å². The molecule has 0 heterocycles. The minimum atomic E-state index is -2.40. The minimum Gasteiger partial charge on any atom is -0.458 e. The van der Waals surface area contributed by atoms with Crippen molar-refractivity contribution in [3.05, 3.63) is 119 Å². The van der Waals surface area contributed by atoms with Crippen molar-refractivity contribution >= 4 is 35.4 Å². The quantitative estimate of drug-likeness (QED) is 0.121. The highest BCUT2D eigenvalue weighted by atomic mass is 16.6. The summed E-state index contributed by atoms with van der Waals surface area (Å²) in [6, 6.07) is 25.0. The van der Waals surface area contributed by atoms with E-state index in [2.05, 4.69) is 5.32 Å². The van der Waals surface area contributed by atoms with E-state index < -0.39 is 113 Å². The lowest BCUT2D eigenvalue weighted by Gasteiger charge is -2.67. The molecule has 14 heteroatoms. The van der Waals surface area contributed by atoms with Gasteiger partial charge >= 0.3 is 23.9 Å². The summed E-state index contributed by atoms with van der Waals surface area (Å²) in [5.74, 6) is -7.81. The van der Waals surface area contributed by atoms with Gasteiger partial charge < -0.3 is 39.6 Å². The zero-order chi connectivity index (χ0) is 44.9. The number of esters is 4. The molecule has 4 aliphatic rings. The predicted molar refractivity (Wildman–Crippen MR) is 220 cm³/mol. The Bertz CT molecular complexity index is 2280. The summed E-state index contributed by atoms with van der Waals surface area (Å²) in [6.07, 6.45) is -9.88. The molecule has 11 atom stereocenters. The van der Waals surface area contributed by atoms with Gasteiger partial charge in [-0.3, -0.25) is 19.2 Å². The Labute approximate surface area is 359 Å². The van der Waals surface area contributed by atoms with Crippen LogP contribution in [0.4, 0.5) is 0 Å². The molecule has 3 aromatic rings. The molecule has 0 aliphatic heterocycles. The third-order valence-electron chi connectivity index (χ3n) is 13.9. The van der Waals surface area contributed by atoms with Crippen molar-refractivity contribution in [2.75, 3.05) is 0 Å². The van der Waals surface area contributed by atoms with Crippen molar-refractivity contribution < 1.29 is 63.0 Å². The number of carbonyl (C=O) groups excluding carboxylic acids is 6. The van der Waals surface area contributed by atoms with Crippen molar-refractivity contribution in [1.29, 1.82) is 0 Å². The summed E-state index contributed by atoms with van der Waals surface area (Å²) in [5, 5.41) is 40.9. The van der Waals surface area contributed by atoms with Gasteiger partial charge in [-0.2, -0.15) is 0 Å². The number of rotatable bonds is 11. The van der Waals surface area contributed by atoms with Crippen molar-refractivity contribution in [2.45, 2.75) is 115 Å². The Morgan fingerprint density at radius 1 is 0.839 bits per heavy atom. The van der Waals surface area contributed by atoms with Crippen LogP contribution in [0.3, 0.4) is 0 Å². The Morgan fingerprint density at radius 2 is 1.44 bits per heavy atom. The second-order valence-electron chi connectivity index (χ2n) is 17.8. The standard InChI is InChI=1S/C48H53NO13/c1-26-34(60-44(57)38(54)37(30-18-12-8-13-19-30)49-25-29-16-10-7-11-17-29)24-48(58)42(61-43(56)31-20-14-9-15-21-31)40-46(6,41(55)39(59-27(2)50)36(26)45(48,4)5)35(53)22-32-33(52)23-47(32,40)62-28(3)51/h7-21,32,34-35,37-40,42,49,53-54,58H,22-25H2,1-6H3/t32-,34-,35-,37-,38+,39+,40-,42-,46+,47+,48+/m0/s1. The number of benzene rings is 3. The summed E-state index contributed by atoms with van der Waals surface area (Å²) < 4.78 is 24.5. The van der Waals surface area contributed by atoms with Crippen LogP contribution in [0.5, 0.6) is 0 Å². The highest BCUT2D eigenvalue weighted by molar-refractivity contribution is 5.98. The number of ether oxygens (including phenoxy) is 4. The second kappa shape index (κ2) is 16.6. The van der Waals surface area contributed by atoms with E-state index in [1.807, 2.05) is 30.3 Å². The average molecular weight is 852 g/mol. The van der Waals surface area contributed by atoms with Crippen molar-refractivity contribution in [3.8, 4) is 0 Å². The van der Waals surface area contributed by atoms with E-state index in [-0.39, 0.29) is 35.5 Å². The highest BCUT2D eigenvalue weighted by Crippen LogP contribution is 2.66. The molecule has 3 saturated carbocycles. The second-order valence-corrected chi connectivity index (χ2v) is 17.8. The summed E-state index contributed by atoms with van der Waals surface area (Å²) >= 11 is 0. The van der Waals surface area contributed by atoms with Crippen molar-refractivity contribution in [1.82, 2.24) is 5.32 Å². The first-order chi connectivity index (χ1) is 29.3. The van der Waals surface area contributed by atoms with Gasteiger partial charge in [-0.05, 0) is 54.7 Å². The molecule has 4 aliphatic carbocycles. The Morgan fingerprint density at radius 3 is 2.02 bits per heavy atom. The topological polar surface area (TPSA) is 212 Å². The molecular formula is C48H53NO13. The van der Waals surface area contributed by atoms with Crippen LogP contribution in [0.2, 0.25) is 0 Å². The number of hydrogen-bond donors (Lipinski definition) is 4. The van der Waals surface area contributed by atoms with Crippen LogP contribution in [0.1, 0.15) is 88.3 Å². The molecule has 3 aromatic carbocycles. The highest BCUT2D eigenvalue weighted by Gasteiger charge is 2.79. The molecule has 14 nitrogen and oxygen atoms in total. The number of aliphatic hydroxyl groups excluding tert-OH is 2. The van der Waals surface area contributed by atoms with Crippen LogP contribution in [0, 0.1) is 22.7 Å². The largest absolute Gasteiger partial charge is 0.458 e. The van der Waals surface area contributed by atoms with Gasteiger partial charge in [0, 0.05) is 38.6 Å². The Hall–Kier alpha value is -5.54. The third kappa shape index (κ3) is 7.36. The molecule has 0 saturated heterocycles. The first kappa shape index (κ1) is 44.5. The van der Waals surface area contributed by atoms with E-state index >= 15 is 4.79 Å². The zero-order valence-corrected chi connectivity index (χ0v) is 35.5. The number of fused-ring (bicyclic) bond motifs is 5. The van der Waals surface area contributed by atoms with Crippen LogP contribution in [0.15, 0.2) is 102 Å². The molecule has 4 N–H and O–H groups in total. The number of ketones is 2. The SMILES string of the molecule is CC(=O)O[C@H]1C(=O)[C@@]2(C)[C@H]([C@H](OC(=O)c3ccccc3)[C@]3(O)C[C@H](OC(=O)[C@H](O)[C@@H](NCc4ccccc4)c4ccccc4)C(C)=C1C3(C)C)[C@@]1(OC(C)=O)CC(=O)[C@@H]1C[C@@H]2O. The smallest absolute Gasteiger partial charge is 0.338 e. The van der Waals surface area contributed by atoms with Crippen molar-refractivity contribution in [3.63, 3.8) is 0 Å². The maximum absolute atomic E-state index is 15.5. The molecule has 328 valence electrons. The number of carbonyl (C=O) groups is 6. The first-order valence-corrected chi connectivity index (χ1v) is 20.8. The molecular weight excluding hydrogens is 799 g/mol. The molecule has 0 amide bonds. The van der Waals surface area contributed by atoms with Gasteiger partial charge in [-0.15, -0.1) is 0 Å². The fourth-order valence-electron chi connectivity index (χ4n) is 10.7. The first-order valence-electron chi connectivity index (χ1n) is 20.8. The van der Waals surface area contributed by atoms with E-state index in [0.717, 1.165) is 19.4 Å². The van der Waals surface area contributed by atoms with Gasteiger partial charge in [0.05, 0.1) is 35.0 Å². The van der Waals surface area contributed by atoms with E-state index in [1.165, 1.54) is 19.1 Å². The molecule has 0 spiro atoms. The van der Waals surface area contributed by atoms with E-state index in [9.17, 15) is 39.3 Å². The Kier molecular flexibility index (Phi) is 11.9. The molecule has 2 bridgehead atoms. The van der Waals surface area contributed by atoms with E-state index in [0.29, 0.717) is 5.56 Å². The minimum absolute atomic E-state index is 0.0153. The lowest BCUT2D eigenvalue weighted by atomic mass is 9.40. The summed E-state index contributed by atoms with van der Waals surface area (Å²) in [4.78, 5) is 83.6. The molecule has 0 radical (unpaired) electrons. The lowest BCUT2D eigenvalue weighted by molar-refractivity contribution is -0.285. The van der Waals surface area contributed by atoms with Gasteiger partial charge in [-0.1, -0.05) is 92.7 Å². The predicted octanol–water partition coefficient (Wildman–Crippen LogP) is 4.29. The van der Waals surface area contributed by atoms with Crippen molar-refractivity contribution in [2.24, 2.45) is 22.7 Å². The van der Waals surface area contributed by atoms with E-state index in [4.69, 9.17) is 18.9 Å². The lowest BCUT2D eigenvalue weighted by Crippen LogP contribution is -2.80. The van der Waals surface area contributed by atoms with Crippen LogP contribution < -0.4 is 5.32 Å². The normalized spacial score (nSPS) is 32.0. The third-order valence-corrected chi connectivity index (χ3v) is 13.9. The maximum Gasteiger partial charge on any atom is 0.338 e. The van der Waals surface area contributed by atoms with Gasteiger partial charge in [0.1, 0.15) is 29.2 Å². The fraction of sp³-hybridized carbons (Fsp3) is 0.458. The fourth-order valence-corrected chi connectivity index (χ4v) is 10.7. The number of aliphatic hydroxyl groups is 3. The summed E-state index contributed by atoms with van der Waals surface area (Å²) in [6.45, 7) is 8.54. The van der Waals surface area contributed by atoms with Gasteiger partial charge in [0.2, 0.25) is 0 Å². The molecule has 7 rings (SSSR count). The number of nitrogens with one attached hydrogen (secondary N) is 1. The van der Waals surface area contributed by atoms with Crippen LogP contribution in [0.25, 0.3) is 0 Å². The average Bonchev–Trinajstić information content (AvgIpc) is 3.23. The van der Waals surface area contributed by atoms with Crippen LogP contribution >= 0.6 is 0 Å². The molecule has 62 heavy (non-hydrogen) atoms. The van der Waals surface area contributed by atoms with Gasteiger partial charge in [-0.25, -0.2) is 9.59 Å². The van der Waals surface area contributed by atoms with Crippen LogP contribution in [-0.4, -0.2) is 92.5 Å². The maximum atomic E-state index is 15.5. The molecule has 0 unspecified atom stereocenters. The Balaban J connectivity index is 1.39. The number of Topliss-reactive ketones (excluding diaryl/α,β-unsaturated/α-hetero) is 2. The zero-order valence-electron chi connectivity index (χ0n) is 35.5. The molecule has 0 aromatic heterocycles.